The molecular formula is C6H8N4O. The van der Waals surface area contributed by atoms with E-state index in [1.54, 1.807) is 13.2 Å². The Balaban J connectivity index is 2.72. The maximum Gasteiger partial charge on any atom is 0.289 e. The second-order valence-corrected chi connectivity index (χ2v) is 2.19. The van der Waals surface area contributed by atoms with E-state index in [2.05, 4.69) is 10.3 Å². The molecule has 1 rings (SSSR count). The summed E-state index contributed by atoms with van der Waals surface area (Å²) in [6.07, 6.45) is 1.66. The third-order valence-electron chi connectivity index (χ3n) is 1.43. The van der Waals surface area contributed by atoms with Crippen LogP contribution < -0.4 is 5.32 Å². The average molecular weight is 152 g/mol. The van der Waals surface area contributed by atoms with Crippen LogP contribution >= 0.6 is 0 Å². The van der Waals surface area contributed by atoms with Crippen LogP contribution in [0.2, 0.25) is 0 Å². The van der Waals surface area contributed by atoms with Crippen molar-refractivity contribution in [2.45, 2.75) is 0 Å². The quantitative estimate of drug-likeness (QED) is 0.355. The summed E-state index contributed by atoms with van der Waals surface area (Å²) >= 11 is 0. The predicted octanol–water partition coefficient (Wildman–Crippen LogP) is -1.07. The standard InChI is InChI=1S/C6H8N4O/c1-10-3-2-8-5(6(10)11)9-4-7/h2-3H2,1H3,(H,8,9). The third-order valence-corrected chi connectivity index (χ3v) is 1.43. The van der Waals surface area contributed by atoms with Gasteiger partial charge in [-0.2, -0.15) is 5.26 Å². The van der Waals surface area contributed by atoms with E-state index in [0.29, 0.717) is 13.1 Å². The van der Waals surface area contributed by atoms with Gasteiger partial charge in [0.05, 0.1) is 6.54 Å². The molecule has 0 aromatic heterocycles. The van der Waals surface area contributed by atoms with Crippen LogP contribution in [-0.4, -0.2) is 36.8 Å². The minimum atomic E-state index is -0.224. The van der Waals surface area contributed by atoms with Gasteiger partial charge in [0.2, 0.25) is 5.84 Å². The largest absolute Gasteiger partial charge is 0.337 e. The number of nitriles is 1. The van der Waals surface area contributed by atoms with Crippen molar-refractivity contribution < 1.29 is 4.79 Å². The molecular weight excluding hydrogens is 144 g/mol. The molecule has 0 fully saturated rings. The Morgan fingerprint density at radius 2 is 2.55 bits per heavy atom. The van der Waals surface area contributed by atoms with Crippen molar-refractivity contribution in [1.82, 2.24) is 10.2 Å². The van der Waals surface area contributed by atoms with Crippen molar-refractivity contribution in [3.63, 3.8) is 0 Å². The number of hydrogen-bond acceptors (Lipinski definition) is 4. The lowest BCUT2D eigenvalue weighted by Crippen LogP contribution is -2.44. The zero-order valence-electron chi connectivity index (χ0n) is 6.16. The summed E-state index contributed by atoms with van der Waals surface area (Å²) < 4.78 is 0. The van der Waals surface area contributed by atoms with Gasteiger partial charge < -0.3 is 4.90 Å². The molecule has 0 bridgehead atoms. The van der Waals surface area contributed by atoms with Gasteiger partial charge in [-0.1, -0.05) is 0 Å². The lowest BCUT2D eigenvalue weighted by Gasteiger charge is -2.20. The van der Waals surface area contributed by atoms with Gasteiger partial charge in [0.1, 0.15) is 0 Å². The molecule has 58 valence electrons. The monoisotopic (exact) mass is 152 g/mol. The number of hydrogen-bond donors (Lipinski definition) is 1. The van der Waals surface area contributed by atoms with Gasteiger partial charge in [-0.3, -0.25) is 15.1 Å². The van der Waals surface area contributed by atoms with E-state index >= 15 is 0 Å². The number of rotatable bonds is 0. The van der Waals surface area contributed by atoms with Crippen molar-refractivity contribution >= 4 is 11.7 Å². The summed E-state index contributed by atoms with van der Waals surface area (Å²) in [6, 6.07) is 0. The lowest BCUT2D eigenvalue weighted by atomic mass is 10.4. The highest BCUT2D eigenvalue weighted by molar-refractivity contribution is 6.38. The van der Waals surface area contributed by atoms with E-state index in [0.717, 1.165) is 0 Å². The molecule has 1 aliphatic rings. The van der Waals surface area contributed by atoms with Gasteiger partial charge >= 0.3 is 0 Å². The van der Waals surface area contributed by atoms with Gasteiger partial charge in [-0.05, 0) is 0 Å². The van der Waals surface area contributed by atoms with E-state index < -0.39 is 0 Å². The highest BCUT2D eigenvalue weighted by Gasteiger charge is 2.19. The highest BCUT2D eigenvalue weighted by atomic mass is 16.2. The number of carbonyl (C=O) groups excluding carboxylic acids is 1. The van der Waals surface area contributed by atoms with Crippen LogP contribution in [0.1, 0.15) is 0 Å². The molecule has 1 heterocycles. The number of nitrogens with one attached hydrogen (secondary N) is 1. The van der Waals surface area contributed by atoms with Crippen molar-refractivity contribution in [1.29, 1.82) is 5.26 Å². The Kier molecular flexibility index (Phi) is 2.06. The van der Waals surface area contributed by atoms with Crippen LogP contribution in [0.15, 0.2) is 4.99 Å². The number of nitrogens with zero attached hydrogens (tertiary/aromatic N) is 3. The molecule has 0 saturated heterocycles. The van der Waals surface area contributed by atoms with Gasteiger partial charge in [-0.25, -0.2) is 0 Å². The maximum absolute atomic E-state index is 11.1. The molecule has 5 nitrogen and oxygen atoms in total. The zero-order chi connectivity index (χ0) is 8.27. The molecule has 0 unspecified atom stereocenters. The number of likely N-dealkylation sites (N-methyl/N-ethyl adjacent to an activating group) is 1. The third kappa shape index (κ3) is 1.46. The van der Waals surface area contributed by atoms with Crippen LogP contribution in [0.5, 0.6) is 0 Å². The first kappa shape index (κ1) is 7.54. The normalized spacial score (nSPS) is 17.3. The topological polar surface area (TPSA) is 68.5 Å². The first-order valence-electron chi connectivity index (χ1n) is 3.20. The molecule has 1 aliphatic heterocycles. The Bertz CT molecular complexity index is 239. The molecule has 1 N–H and O–H groups in total. The van der Waals surface area contributed by atoms with Crippen molar-refractivity contribution in [2.75, 3.05) is 20.1 Å². The SMILES string of the molecule is CN1CCN=C(NC#N)C1=O. The molecule has 0 aromatic rings. The Hall–Kier alpha value is -1.57. The molecule has 0 aliphatic carbocycles. The molecule has 11 heavy (non-hydrogen) atoms. The number of aliphatic imine (C=N–C) groups is 1. The fourth-order valence-corrected chi connectivity index (χ4v) is 0.808. The van der Waals surface area contributed by atoms with E-state index in [1.165, 1.54) is 4.90 Å². The van der Waals surface area contributed by atoms with Crippen LogP contribution in [-0.2, 0) is 4.79 Å². The summed E-state index contributed by atoms with van der Waals surface area (Å²) in [6.45, 7) is 1.18. The fourth-order valence-electron chi connectivity index (χ4n) is 0.808. The summed E-state index contributed by atoms with van der Waals surface area (Å²) in [4.78, 5) is 16.5. The summed E-state index contributed by atoms with van der Waals surface area (Å²) in [7, 11) is 1.68. The average Bonchev–Trinajstić information content (AvgIpc) is 1.99. The summed E-state index contributed by atoms with van der Waals surface area (Å²) in [5, 5.41) is 10.4. The molecule has 0 spiro atoms. The molecule has 0 aromatic carbocycles. The minimum absolute atomic E-state index is 0.140. The van der Waals surface area contributed by atoms with Gasteiger partial charge in [0, 0.05) is 13.6 Å². The Labute approximate surface area is 64.3 Å². The number of amidine groups is 1. The van der Waals surface area contributed by atoms with E-state index in [4.69, 9.17) is 5.26 Å². The second-order valence-electron chi connectivity index (χ2n) is 2.19. The lowest BCUT2D eigenvalue weighted by molar-refractivity contribution is -0.123. The fraction of sp³-hybridized carbons (Fsp3) is 0.500. The highest BCUT2D eigenvalue weighted by Crippen LogP contribution is 1.93. The van der Waals surface area contributed by atoms with Gasteiger partial charge in [0.25, 0.3) is 5.91 Å². The Morgan fingerprint density at radius 3 is 3.18 bits per heavy atom. The number of carbonyl (C=O) groups is 1. The van der Waals surface area contributed by atoms with Crippen molar-refractivity contribution in [3.05, 3.63) is 0 Å². The Morgan fingerprint density at radius 1 is 1.82 bits per heavy atom. The van der Waals surface area contributed by atoms with Gasteiger partial charge in [-0.15, -0.1) is 0 Å². The summed E-state index contributed by atoms with van der Waals surface area (Å²) in [5.74, 6) is -0.0842. The molecule has 0 radical (unpaired) electrons. The first-order valence-corrected chi connectivity index (χ1v) is 3.20. The first-order chi connectivity index (χ1) is 5.25. The van der Waals surface area contributed by atoms with Crippen molar-refractivity contribution in [2.24, 2.45) is 4.99 Å². The smallest absolute Gasteiger partial charge is 0.289 e. The van der Waals surface area contributed by atoms with E-state index in [-0.39, 0.29) is 11.7 Å². The molecule has 0 atom stereocenters. The molecule has 5 heteroatoms. The minimum Gasteiger partial charge on any atom is -0.337 e. The molecule has 1 amide bonds. The maximum atomic E-state index is 11.1. The summed E-state index contributed by atoms with van der Waals surface area (Å²) in [5.41, 5.74) is 0. The van der Waals surface area contributed by atoms with E-state index in [1.807, 2.05) is 0 Å². The zero-order valence-corrected chi connectivity index (χ0v) is 6.16. The van der Waals surface area contributed by atoms with Crippen LogP contribution in [0.3, 0.4) is 0 Å². The second kappa shape index (κ2) is 3.01. The molecule has 0 saturated carbocycles. The van der Waals surface area contributed by atoms with Crippen molar-refractivity contribution in [3.8, 4) is 6.19 Å². The van der Waals surface area contributed by atoms with Crippen LogP contribution in [0.25, 0.3) is 0 Å². The van der Waals surface area contributed by atoms with E-state index in [9.17, 15) is 4.79 Å². The number of amides is 1. The van der Waals surface area contributed by atoms with Crippen LogP contribution in [0.4, 0.5) is 0 Å². The predicted molar refractivity (Wildman–Crippen MR) is 38.7 cm³/mol. The van der Waals surface area contributed by atoms with Gasteiger partial charge in [0.15, 0.2) is 6.19 Å². The van der Waals surface area contributed by atoms with Crippen LogP contribution in [0, 0.1) is 11.5 Å².